The molecule has 0 radical (unpaired) electrons. The van der Waals surface area contributed by atoms with Crippen molar-refractivity contribution in [2.75, 3.05) is 0 Å². The molecule has 0 aliphatic heterocycles. The number of benzene rings is 1. The standard InChI is InChI=1S/C19H26O2.O.V/c1-19(2,3)16-11-9-15(10-12-16)18(21)13-17(20)14-7-5-4-6-8-14;;/h9-14,21H,4-8H2,1-3H3;;/b18-13-;;. The second kappa shape index (κ2) is 9.19. The van der Waals surface area contributed by atoms with Gasteiger partial charge in [-0.05, 0) is 23.8 Å². The van der Waals surface area contributed by atoms with Crippen LogP contribution < -0.4 is 0 Å². The van der Waals surface area contributed by atoms with Crippen LogP contribution >= 0.6 is 0 Å². The number of rotatable bonds is 3. The van der Waals surface area contributed by atoms with Crippen molar-refractivity contribution in [3.63, 3.8) is 0 Å². The van der Waals surface area contributed by atoms with Crippen LogP contribution in [0.15, 0.2) is 30.3 Å². The summed E-state index contributed by atoms with van der Waals surface area (Å²) >= 11 is 1.06. The van der Waals surface area contributed by atoms with E-state index in [1.165, 1.54) is 18.1 Å². The van der Waals surface area contributed by atoms with Crippen LogP contribution in [-0.2, 0) is 31.3 Å². The van der Waals surface area contributed by atoms with Gasteiger partial charge in [-0.1, -0.05) is 64.3 Å². The van der Waals surface area contributed by atoms with Gasteiger partial charge in [0.1, 0.15) is 5.76 Å². The minimum atomic E-state index is 0.0760. The number of hydrogen-bond acceptors (Lipinski definition) is 3. The van der Waals surface area contributed by atoms with Crippen LogP contribution in [0.2, 0.25) is 0 Å². The molecule has 0 saturated heterocycles. The molecule has 1 saturated carbocycles. The minimum absolute atomic E-state index is 0.0760. The van der Waals surface area contributed by atoms with Crippen LogP contribution in [0.4, 0.5) is 0 Å². The monoisotopic (exact) mass is 353 g/mol. The average molecular weight is 353 g/mol. The number of ketones is 1. The first-order chi connectivity index (χ1) is 10.9. The van der Waals surface area contributed by atoms with Gasteiger partial charge in [-0.15, -0.1) is 0 Å². The molecule has 1 aromatic rings. The van der Waals surface area contributed by atoms with Crippen molar-refractivity contribution >= 4 is 11.5 Å². The van der Waals surface area contributed by atoms with E-state index < -0.39 is 0 Å². The Kier molecular flexibility index (Phi) is 7.94. The summed E-state index contributed by atoms with van der Waals surface area (Å²) < 4.78 is 8.19. The third-order valence-electron chi connectivity index (χ3n) is 4.33. The molecule has 0 atom stereocenters. The Balaban J connectivity index is 0.00000127. The first-order valence-corrected chi connectivity index (χ1v) is 8.68. The molecule has 4 heteroatoms. The number of hydrogen-bond donors (Lipinski definition) is 1. The van der Waals surface area contributed by atoms with Gasteiger partial charge in [-0.2, -0.15) is 0 Å². The van der Waals surface area contributed by atoms with E-state index in [9.17, 15) is 9.90 Å². The van der Waals surface area contributed by atoms with Crippen LogP contribution in [-0.4, -0.2) is 10.9 Å². The van der Waals surface area contributed by atoms with E-state index in [1.807, 2.05) is 24.3 Å². The van der Waals surface area contributed by atoms with Gasteiger partial charge < -0.3 is 5.11 Å². The van der Waals surface area contributed by atoms with Crippen LogP contribution in [0.5, 0.6) is 0 Å². The quantitative estimate of drug-likeness (QED) is 0.620. The van der Waals surface area contributed by atoms with Crippen molar-refractivity contribution in [2.45, 2.75) is 58.3 Å². The molecule has 1 aliphatic rings. The normalized spacial score (nSPS) is 16.3. The van der Waals surface area contributed by atoms with E-state index in [1.54, 1.807) is 0 Å². The molecule has 0 spiro atoms. The third kappa shape index (κ3) is 6.08. The summed E-state index contributed by atoms with van der Waals surface area (Å²) in [7, 11) is 0. The Morgan fingerprint density at radius 1 is 1.09 bits per heavy atom. The number of carbonyl (C=O) groups is 1. The molecule has 23 heavy (non-hydrogen) atoms. The maximum atomic E-state index is 12.2. The van der Waals surface area contributed by atoms with Gasteiger partial charge in [0, 0.05) is 17.6 Å². The number of carbonyl (C=O) groups excluding carboxylic acids is 1. The molecule has 0 aromatic heterocycles. The fourth-order valence-electron chi connectivity index (χ4n) is 2.86. The third-order valence-corrected chi connectivity index (χ3v) is 4.33. The van der Waals surface area contributed by atoms with E-state index in [-0.39, 0.29) is 22.9 Å². The van der Waals surface area contributed by atoms with Gasteiger partial charge in [0.15, 0.2) is 5.78 Å². The zero-order chi connectivity index (χ0) is 17.5. The number of aliphatic hydroxyl groups is 1. The Hall–Kier alpha value is -1.19. The molecule has 0 bridgehead atoms. The van der Waals surface area contributed by atoms with Crippen LogP contribution in [0.1, 0.15) is 64.0 Å². The summed E-state index contributed by atoms with van der Waals surface area (Å²) in [6, 6.07) is 7.82. The van der Waals surface area contributed by atoms with E-state index in [2.05, 4.69) is 20.8 Å². The Morgan fingerprint density at radius 3 is 2.09 bits per heavy atom. The average Bonchev–Trinajstić information content (AvgIpc) is 2.56. The van der Waals surface area contributed by atoms with Crippen molar-refractivity contribution < 1.29 is 30.9 Å². The fourth-order valence-corrected chi connectivity index (χ4v) is 2.86. The molecule has 0 amide bonds. The number of allylic oxidation sites excluding steroid dienone is 1. The van der Waals surface area contributed by atoms with Crippen LogP contribution in [0, 0.1) is 5.92 Å². The molecule has 1 aliphatic carbocycles. The van der Waals surface area contributed by atoms with Crippen LogP contribution in [0.3, 0.4) is 0 Å². The Labute approximate surface area is 148 Å². The summed E-state index contributed by atoms with van der Waals surface area (Å²) in [6.07, 6.45) is 6.84. The second-order valence-corrected chi connectivity index (χ2v) is 7.09. The predicted octanol–water partition coefficient (Wildman–Crippen LogP) is 4.91. The van der Waals surface area contributed by atoms with Gasteiger partial charge in [-0.25, -0.2) is 0 Å². The molecule has 1 fully saturated rings. The van der Waals surface area contributed by atoms with Gasteiger partial charge >= 0.3 is 21.0 Å². The number of aliphatic hydroxyl groups excluding tert-OH is 1. The maximum absolute atomic E-state index is 12.2. The summed E-state index contributed by atoms with van der Waals surface area (Å²) in [5.74, 6) is 0.271. The second-order valence-electron chi connectivity index (χ2n) is 7.09. The Bertz CT molecular complexity index is 535. The first-order valence-electron chi connectivity index (χ1n) is 8.11. The zero-order valence-electron chi connectivity index (χ0n) is 14.2. The van der Waals surface area contributed by atoms with E-state index in [4.69, 9.17) is 3.67 Å². The zero-order valence-corrected chi connectivity index (χ0v) is 15.6. The molecule has 125 valence electrons. The molecule has 0 unspecified atom stereocenters. The van der Waals surface area contributed by atoms with E-state index in [0.29, 0.717) is 5.56 Å². The predicted molar refractivity (Wildman–Crippen MR) is 88.0 cm³/mol. The van der Waals surface area contributed by atoms with Gasteiger partial charge in [0.2, 0.25) is 0 Å². The van der Waals surface area contributed by atoms with Crippen LogP contribution in [0.25, 0.3) is 5.76 Å². The molecule has 1 N–H and O–H groups in total. The molecule has 2 rings (SSSR count). The van der Waals surface area contributed by atoms with Gasteiger partial charge in [0.05, 0.1) is 0 Å². The van der Waals surface area contributed by atoms with E-state index >= 15 is 0 Å². The molecular formula is C19H26O3V. The summed E-state index contributed by atoms with van der Waals surface area (Å²) in [4.78, 5) is 12.2. The molecule has 0 heterocycles. The van der Waals surface area contributed by atoms with Crippen molar-refractivity contribution in [1.29, 1.82) is 0 Å². The van der Waals surface area contributed by atoms with Crippen molar-refractivity contribution in [1.82, 2.24) is 0 Å². The summed E-state index contributed by atoms with van der Waals surface area (Å²) in [6.45, 7) is 6.47. The SMILES string of the molecule is CC(C)(C)c1ccc(/C(O)=C/C(=O)C2CCCCC2)cc1.[O]=[V]. The van der Waals surface area contributed by atoms with Crippen molar-refractivity contribution in [3.8, 4) is 0 Å². The van der Waals surface area contributed by atoms with Crippen molar-refractivity contribution in [2.24, 2.45) is 5.92 Å². The van der Waals surface area contributed by atoms with Gasteiger partial charge in [-0.3, -0.25) is 4.79 Å². The molecule has 1 aromatic carbocycles. The molecular weight excluding hydrogens is 327 g/mol. The summed E-state index contributed by atoms with van der Waals surface area (Å²) in [5.41, 5.74) is 2.03. The fraction of sp³-hybridized carbons (Fsp3) is 0.526. The topological polar surface area (TPSA) is 54.4 Å². The van der Waals surface area contributed by atoms with Gasteiger partial charge in [0.25, 0.3) is 0 Å². The molecule has 3 nitrogen and oxygen atoms in total. The van der Waals surface area contributed by atoms with E-state index in [0.717, 1.165) is 43.1 Å². The summed E-state index contributed by atoms with van der Waals surface area (Å²) in [5, 5.41) is 10.2. The Morgan fingerprint density at radius 2 is 1.61 bits per heavy atom. The first kappa shape index (κ1) is 19.9. The van der Waals surface area contributed by atoms with Crippen molar-refractivity contribution in [3.05, 3.63) is 41.5 Å².